The van der Waals surface area contributed by atoms with Crippen LogP contribution in [0.1, 0.15) is 13.8 Å². The van der Waals surface area contributed by atoms with Crippen LogP contribution >= 0.6 is 0 Å². The molecule has 0 rings (SSSR count). The van der Waals surface area contributed by atoms with Crippen LogP contribution in [0, 0.1) is 5.92 Å². The van der Waals surface area contributed by atoms with Crippen LogP contribution < -0.4 is 0 Å². The Hall–Kier alpha value is -0.120. The molecule has 0 saturated heterocycles. The number of hydrogen-bond donors (Lipinski definition) is 1. The molecule has 0 aliphatic carbocycles. The first-order valence-corrected chi connectivity index (χ1v) is 2.55. The molecule has 0 fully saturated rings. The van der Waals surface area contributed by atoms with Gasteiger partial charge in [0.25, 0.3) is 0 Å². The zero-order valence-electron chi connectivity index (χ0n) is 5.42. The van der Waals surface area contributed by atoms with Crippen LogP contribution in [0.25, 0.3) is 0 Å². The van der Waals surface area contributed by atoms with E-state index in [0.29, 0.717) is 0 Å². The summed E-state index contributed by atoms with van der Waals surface area (Å²) in [5.74, 6) is 0.185. The average molecular weight is 120 g/mol. The molecule has 1 unspecified atom stereocenters. The predicted octanol–water partition coefficient (Wildman–Crippen LogP) is 1.10. The van der Waals surface area contributed by atoms with Crippen LogP contribution in [0.15, 0.2) is 0 Å². The second-order valence-electron chi connectivity index (χ2n) is 1.95. The molecule has 0 aliphatic rings. The zero-order chi connectivity index (χ0) is 6.57. The lowest BCUT2D eigenvalue weighted by molar-refractivity contribution is -0.351. The number of hydrogen-bond acceptors (Lipinski definition) is 3. The van der Waals surface area contributed by atoms with E-state index in [1.54, 1.807) is 0 Å². The van der Waals surface area contributed by atoms with E-state index in [1.165, 1.54) is 7.11 Å². The van der Waals surface area contributed by atoms with Gasteiger partial charge in [-0.1, -0.05) is 13.8 Å². The van der Waals surface area contributed by atoms with Gasteiger partial charge < -0.3 is 4.74 Å². The number of methoxy groups -OCH3 is 1. The van der Waals surface area contributed by atoms with E-state index in [2.05, 4.69) is 9.62 Å². The van der Waals surface area contributed by atoms with Gasteiger partial charge in [-0.05, 0) is 0 Å². The fraction of sp³-hybridized carbons (Fsp3) is 1.00. The molecule has 0 saturated carbocycles. The minimum absolute atomic E-state index is 0.185. The van der Waals surface area contributed by atoms with E-state index < -0.39 is 6.29 Å². The molecule has 1 atom stereocenters. The quantitative estimate of drug-likeness (QED) is 0.344. The first-order valence-electron chi connectivity index (χ1n) is 2.55. The highest BCUT2D eigenvalue weighted by molar-refractivity contribution is 4.44. The van der Waals surface area contributed by atoms with E-state index in [4.69, 9.17) is 5.26 Å². The number of ether oxygens (including phenoxy) is 1. The maximum Gasteiger partial charge on any atom is 0.192 e. The molecule has 3 heteroatoms. The smallest absolute Gasteiger partial charge is 0.192 e. The van der Waals surface area contributed by atoms with Gasteiger partial charge in [0, 0.05) is 13.0 Å². The fourth-order valence-electron chi connectivity index (χ4n) is 0.437. The van der Waals surface area contributed by atoms with Crippen LogP contribution in [0.2, 0.25) is 0 Å². The molecular weight excluding hydrogens is 108 g/mol. The molecule has 0 amide bonds. The number of rotatable bonds is 3. The standard InChI is InChI=1S/C5H12O3/c1-4(2)5(7-3)8-6/h4-6H,1-3H3. The van der Waals surface area contributed by atoms with Gasteiger partial charge in [0.2, 0.25) is 0 Å². The molecule has 0 aromatic rings. The molecule has 50 valence electrons. The molecule has 0 radical (unpaired) electrons. The van der Waals surface area contributed by atoms with Gasteiger partial charge >= 0.3 is 0 Å². The highest BCUT2D eigenvalue weighted by Gasteiger charge is 2.10. The molecule has 0 aromatic carbocycles. The summed E-state index contributed by atoms with van der Waals surface area (Å²) >= 11 is 0. The second-order valence-corrected chi connectivity index (χ2v) is 1.95. The molecule has 1 N–H and O–H groups in total. The summed E-state index contributed by atoms with van der Waals surface area (Å²) < 4.78 is 4.69. The summed E-state index contributed by atoms with van der Waals surface area (Å²) in [6.07, 6.45) is -0.491. The highest BCUT2D eigenvalue weighted by atomic mass is 17.1. The van der Waals surface area contributed by atoms with Gasteiger partial charge in [-0.15, -0.1) is 0 Å². The van der Waals surface area contributed by atoms with E-state index in [9.17, 15) is 0 Å². The van der Waals surface area contributed by atoms with Gasteiger partial charge in [0.15, 0.2) is 6.29 Å². The minimum atomic E-state index is -0.491. The summed E-state index contributed by atoms with van der Waals surface area (Å²) in [6, 6.07) is 0. The Morgan fingerprint density at radius 3 is 1.88 bits per heavy atom. The molecule has 0 aliphatic heterocycles. The fourth-order valence-corrected chi connectivity index (χ4v) is 0.437. The van der Waals surface area contributed by atoms with Crippen molar-refractivity contribution in [1.82, 2.24) is 0 Å². The maximum atomic E-state index is 8.07. The lowest BCUT2D eigenvalue weighted by Crippen LogP contribution is -2.19. The van der Waals surface area contributed by atoms with Crippen molar-refractivity contribution in [3.63, 3.8) is 0 Å². The summed E-state index contributed by atoms with van der Waals surface area (Å²) in [7, 11) is 1.49. The van der Waals surface area contributed by atoms with Gasteiger partial charge in [-0.2, -0.15) is 0 Å². The third-order valence-corrected chi connectivity index (χ3v) is 0.881. The Bertz CT molecular complexity index is 49.6. The van der Waals surface area contributed by atoms with Gasteiger partial charge in [-0.3, -0.25) is 0 Å². The molecular formula is C5H12O3. The van der Waals surface area contributed by atoms with E-state index in [1.807, 2.05) is 13.8 Å². The molecule has 0 bridgehead atoms. The van der Waals surface area contributed by atoms with E-state index in [0.717, 1.165) is 0 Å². The minimum Gasteiger partial charge on any atom is -0.353 e. The Morgan fingerprint density at radius 1 is 1.38 bits per heavy atom. The topological polar surface area (TPSA) is 38.7 Å². The van der Waals surface area contributed by atoms with Crippen molar-refractivity contribution in [2.24, 2.45) is 5.92 Å². The van der Waals surface area contributed by atoms with E-state index >= 15 is 0 Å². The lowest BCUT2D eigenvalue weighted by atomic mass is 10.2. The van der Waals surface area contributed by atoms with Crippen molar-refractivity contribution in [2.75, 3.05) is 7.11 Å². The lowest BCUT2D eigenvalue weighted by Gasteiger charge is -2.13. The van der Waals surface area contributed by atoms with Gasteiger partial charge in [0.1, 0.15) is 0 Å². The molecule has 3 nitrogen and oxygen atoms in total. The first kappa shape index (κ1) is 7.88. The molecule has 0 aromatic heterocycles. The Kier molecular flexibility index (Phi) is 3.77. The van der Waals surface area contributed by atoms with Crippen LogP contribution in [-0.4, -0.2) is 18.7 Å². The van der Waals surface area contributed by atoms with Crippen molar-refractivity contribution in [1.29, 1.82) is 0 Å². The largest absolute Gasteiger partial charge is 0.353 e. The van der Waals surface area contributed by atoms with Crippen LogP contribution in [0.4, 0.5) is 0 Å². The van der Waals surface area contributed by atoms with Gasteiger partial charge in [0.05, 0.1) is 0 Å². The third kappa shape index (κ3) is 2.26. The highest BCUT2D eigenvalue weighted by Crippen LogP contribution is 2.03. The molecule has 0 heterocycles. The summed E-state index contributed by atoms with van der Waals surface area (Å²) in [6.45, 7) is 3.79. The summed E-state index contributed by atoms with van der Waals surface area (Å²) in [5, 5.41) is 8.07. The summed E-state index contributed by atoms with van der Waals surface area (Å²) in [4.78, 5) is 3.94. The Labute approximate surface area is 49.1 Å². The Morgan fingerprint density at radius 2 is 1.88 bits per heavy atom. The van der Waals surface area contributed by atoms with Crippen LogP contribution in [-0.2, 0) is 9.62 Å². The first-order chi connectivity index (χ1) is 3.72. The van der Waals surface area contributed by atoms with Crippen molar-refractivity contribution in [2.45, 2.75) is 20.1 Å². The van der Waals surface area contributed by atoms with Crippen LogP contribution in [0.3, 0.4) is 0 Å². The van der Waals surface area contributed by atoms with Crippen molar-refractivity contribution >= 4 is 0 Å². The molecule has 8 heavy (non-hydrogen) atoms. The van der Waals surface area contributed by atoms with E-state index in [-0.39, 0.29) is 5.92 Å². The average Bonchev–Trinajstić information content (AvgIpc) is 1.69. The van der Waals surface area contributed by atoms with Gasteiger partial charge in [-0.25, -0.2) is 10.1 Å². The van der Waals surface area contributed by atoms with Crippen LogP contribution in [0.5, 0.6) is 0 Å². The monoisotopic (exact) mass is 120 g/mol. The normalized spacial score (nSPS) is 14.6. The van der Waals surface area contributed by atoms with Crippen molar-refractivity contribution in [3.05, 3.63) is 0 Å². The van der Waals surface area contributed by atoms with Crippen molar-refractivity contribution < 1.29 is 14.9 Å². The van der Waals surface area contributed by atoms with Crippen molar-refractivity contribution in [3.8, 4) is 0 Å². The third-order valence-electron chi connectivity index (χ3n) is 0.881. The Balaban J connectivity index is 3.35. The zero-order valence-corrected chi connectivity index (χ0v) is 5.42. The SMILES string of the molecule is COC(OO)C(C)C. The molecule has 0 spiro atoms. The predicted molar refractivity (Wildman–Crippen MR) is 29.3 cm³/mol. The maximum absolute atomic E-state index is 8.07. The second kappa shape index (κ2) is 3.83. The summed E-state index contributed by atoms with van der Waals surface area (Å²) in [5.41, 5.74) is 0.